The van der Waals surface area contributed by atoms with Crippen LogP contribution in [0.3, 0.4) is 0 Å². The van der Waals surface area contributed by atoms with Gasteiger partial charge in [-0.15, -0.1) is 0 Å². The van der Waals surface area contributed by atoms with Crippen LogP contribution in [-0.4, -0.2) is 11.2 Å². The summed E-state index contributed by atoms with van der Waals surface area (Å²) in [6, 6.07) is 0. The van der Waals surface area contributed by atoms with E-state index >= 15 is 0 Å². The minimum absolute atomic E-state index is 0. The molecule has 0 aliphatic carbocycles. The van der Waals surface area contributed by atoms with E-state index in [0.29, 0.717) is 0 Å². The Kier molecular flexibility index (Phi) is 7.51. The van der Waals surface area contributed by atoms with Gasteiger partial charge in [0.25, 0.3) is 0 Å². The Morgan fingerprint density at radius 3 is 1.80 bits per heavy atom. The van der Waals surface area contributed by atoms with Gasteiger partial charge in [0.15, 0.2) is 0 Å². The second-order valence-corrected chi connectivity index (χ2v) is 0.338. The molecule has 0 fully saturated rings. The Morgan fingerprint density at radius 1 is 1.80 bits per heavy atom. The monoisotopic (exact) mass is 175 g/mol. The van der Waals surface area contributed by atoms with Crippen LogP contribution in [0.4, 0.5) is 4.79 Å². The summed E-state index contributed by atoms with van der Waals surface area (Å²) in [4.78, 5) is 8.78. The summed E-state index contributed by atoms with van der Waals surface area (Å²) >= 11 is 0. The molecule has 0 aromatic carbocycles. The van der Waals surface area contributed by atoms with Gasteiger partial charge in [-0.3, -0.25) is 0 Å². The number of primary amides is 1. The van der Waals surface area contributed by atoms with Crippen LogP contribution >= 0.6 is 0 Å². The third-order valence-electron chi connectivity index (χ3n) is 0. The van der Waals surface area contributed by atoms with Gasteiger partial charge in [-0.05, 0) is 0 Å². The molecule has 0 spiro atoms. The number of carbonyl (C=O) groups is 1. The molecule has 0 saturated heterocycles. The topological polar surface area (TPSA) is 63.3 Å². The third kappa shape index (κ3) is 546. The average molecular weight is 173 g/mol. The van der Waals surface area contributed by atoms with Crippen molar-refractivity contribution in [1.29, 1.82) is 0 Å². The van der Waals surface area contributed by atoms with Crippen LogP contribution in [0.15, 0.2) is 0 Å². The van der Waals surface area contributed by atoms with Crippen molar-refractivity contribution >= 4 is 6.09 Å². The van der Waals surface area contributed by atoms with E-state index in [-0.39, 0.29) is 27.3 Å². The maximum Gasteiger partial charge on any atom is 0.402 e. The number of hydrogen-bond acceptors (Lipinski definition) is 1. The molecule has 0 bridgehead atoms. The molecule has 1 amide bonds. The molecule has 0 aliphatic rings. The van der Waals surface area contributed by atoms with Crippen molar-refractivity contribution < 1.29 is 37.2 Å². The predicted molar refractivity (Wildman–Crippen MR) is 12.2 cm³/mol. The summed E-state index contributed by atoms with van der Waals surface area (Å²) in [5.41, 5.74) is 4.03. The van der Waals surface area contributed by atoms with E-state index in [1.807, 2.05) is 0 Å². The summed E-state index contributed by atoms with van der Waals surface area (Å²) in [7, 11) is 0. The minimum atomic E-state index is -1.33. The fourth-order valence-electron chi connectivity index (χ4n) is 0. The van der Waals surface area contributed by atoms with E-state index in [2.05, 4.69) is 5.73 Å². The van der Waals surface area contributed by atoms with Gasteiger partial charge < -0.3 is 10.8 Å². The molecular weight excluding hydrogens is 170 g/mol. The molecule has 26 valence electrons. The third-order valence-corrected chi connectivity index (χ3v) is 0. The Balaban J connectivity index is 0. The van der Waals surface area contributed by atoms with E-state index in [1.54, 1.807) is 0 Å². The van der Waals surface area contributed by atoms with Crippen LogP contribution in [-0.2, 0) is 27.3 Å². The number of amides is 1. The quantitative estimate of drug-likeness (QED) is 0.491. The van der Waals surface area contributed by atoms with Crippen molar-refractivity contribution in [1.82, 2.24) is 0 Å². The van der Waals surface area contributed by atoms with Crippen molar-refractivity contribution in [2.45, 2.75) is 0 Å². The van der Waals surface area contributed by atoms with Crippen molar-refractivity contribution in [2.75, 3.05) is 0 Å². The van der Waals surface area contributed by atoms with Crippen molar-refractivity contribution in [2.24, 2.45) is 5.73 Å². The van der Waals surface area contributed by atoms with Gasteiger partial charge in [-0.1, -0.05) is 0 Å². The van der Waals surface area contributed by atoms with Crippen LogP contribution in [0.25, 0.3) is 0 Å². The first-order chi connectivity index (χ1) is 1.73. The normalized spacial score (nSPS) is 4.80. The molecule has 0 saturated carbocycles. The van der Waals surface area contributed by atoms with E-state index in [0.717, 1.165) is 0 Å². The first-order valence-electron chi connectivity index (χ1n) is 0.716. The van der Waals surface area contributed by atoms with Crippen LogP contribution in [0.5, 0.6) is 0 Å². The predicted octanol–water partition coefficient (Wildman–Crippen LogP) is -0.379. The van der Waals surface area contributed by atoms with Gasteiger partial charge in [-0.25, -0.2) is 4.79 Å². The molecule has 0 aromatic heterocycles. The average Bonchev–Trinajstić information content (AvgIpc) is 0.811. The Hall–Kier alpha value is 0.192. The Bertz CT molecular complexity index is 32.6. The fraction of sp³-hybridized carbons (Fsp3) is 0. The summed E-state index contributed by atoms with van der Waals surface area (Å²) in [5.74, 6) is 0. The fourth-order valence-corrected chi connectivity index (χ4v) is 0. The van der Waals surface area contributed by atoms with Gasteiger partial charge in [0.1, 0.15) is 0 Å². The molecule has 0 heterocycles. The van der Waals surface area contributed by atoms with Gasteiger partial charge in [0.2, 0.25) is 0 Å². The summed E-state index contributed by atoms with van der Waals surface area (Å²) < 4.78 is 0. The maximum absolute atomic E-state index is 8.78. The van der Waals surface area contributed by atoms with Gasteiger partial charge in [-0.2, -0.15) is 0 Å². The van der Waals surface area contributed by atoms with Crippen LogP contribution < -0.4 is 5.73 Å². The smallest absolute Gasteiger partial charge is 0.402 e. The Morgan fingerprint density at radius 2 is 1.80 bits per heavy atom. The zero-order valence-electron chi connectivity index (χ0n) is 2.64. The largest absolute Gasteiger partial charge is 0.465 e. The van der Waals surface area contributed by atoms with Crippen LogP contribution in [0.1, 0.15) is 0 Å². The SMILES string of the molecule is NC(=O)O.[Cd]. The molecule has 0 aliphatic heterocycles. The van der Waals surface area contributed by atoms with Crippen LogP contribution in [0.2, 0.25) is 0 Å². The molecule has 3 nitrogen and oxygen atoms in total. The number of rotatable bonds is 0. The molecular formula is CH3CdNO2. The molecule has 0 rings (SSSR count). The maximum atomic E-state index is 8.78. The summed E-state index contributed by atoms with van der Waals surface area (Å²) in [6.07, 6.45) is -1.33. The zero-order valence-corrected chi connectivity index (χ0v) is 6.68. The van der Waals surface area contributed by atoms with E-state index < -0.39 is 6.09 Å². The Labute approximate surface area is 49.3 Å². The second kappa shape index (κ2) is 4.19. The second-order valence-electron chi connectivity index (χ2n) is 0.338. The number of nitrogens with two attached hydrogens (primary N) is 1. The molecule has 0 aromatic rings. The summed E-state index contributed by atoms with van der Waals surface area (Å²) in [6.45, 7) is 0. The molecule has 0 radical (unpaired) electrons. The summed E-state index contributed by atoms with van der Waals surface area (Å²) in [5, 5.41) is 7.19. The molecule has 0 atom stereocenters. The number of hydrogen-bond donors (Lipinski definition) is 2. The standard InChI is InChI=1S/CH3NO2.Cd/c2-1(3)4;/h2H2,(H,3,4);. The van der Waals surface area contributed by atoms with Gasteiger partial charge in [0, 0.05) is 27.3 Å². The first-order valence-corrected chi connectivity index (χ1v) is 0.716. The van der Waals surface area contributed by atoms with Gasteiger partial charge >= 0.3 is 6.09 Å². The van der Waals surface area contributed by atoms with Crippen LogP contribution in [0, 0.1) is 0 Å². The van der Waals surface area contributed by atoms with Crippen molar-refractivity contribution in [3.63, 3.8) is 0 Å². The van der Waals surface area contributed by atoms with E-state index in [9.17, 15) is 0 Å². The van der Waals surface area contributed by atoms with Gasteiger partial charge in [0.05, 0.1) is 0 Å². The van der Waals surface area contributed by atoms with E-state index in [1.165, 1.54) is 0 Å². The van der Waals surface area contributed by atoms with E-state index in [4.69, 9.17) is 9.90 Å². The molecule has 4 heteroatoms. The molecule has 3 N–H and O–H groups in total. The number of carboxylic acid groups (broad SMARTS) is 1. The first kappa shape index (κ1) is 8.95. The zero-order chi connectivity index (χ0) is 3.58. The molecule has 5 heavy (non-hydrogen) atoms. The molecule has 0 unspecified atom stereocenters. The van der Waals surface area contributed by atoms with Crippen molar-refractivity contribution in [3.8, 4) is 0 Å². The minimum Gasteiger partial charge on any atom is -0.465 e. The van der Waals surface area contributed by atoms with Crippen molar-refractivity contribution in [3.05, 3.63) is 0 Å².